The standard InChI is InChI=1S/C28H25N3O4/c1-17-21-9-4-5-10-25(21)35-26(17)28(32)30-15-18-7-6-8-19(13-18)27-29-16-23(31-27)22-14-20(33-2)11-12-24(22)34-3/h4-14,16H,15H2,1-3H3,(H,29,31)(H,30,32). The van der Waals surface area contributed by atoms with Crippen LogP contribution in [0.5, 0.6) is 11.5 Å². The summed E-state index contributed by atoms with van der Waals surface area (Å²) in [7, 11) is 3.26. The highest BCUT2D eigenvalue weighted by atomic mass is 16.5. The third-order valence-corrected chi connectivity index (χ3v) is 5.98. The molecule has 0 saturated heterocycles. The second-order valence-corrected chi connectivity index (χ2v) is 8.15. The normalized spacial score (nSPS) is 10.9. The van der Waals surface area contributed by atoms with Gasteiger partial charge in [0.1, 0.15) is 22.9 Å². The lowest BCUT2D eigenvalue weighted by Gasteiger charge is -2.09. The van der Waals surface area contributed by atoms with Crippen LogP contribution < -0.4 is 14.8 Å². The van der Waals surface area contributed by atoms with Crippen molar-refractivity contribution in [3.63, 3.8) is 0 Å². The van der Waals surface area contributed by atoms with E-state index in [4.69, 9.17) is 13.9 Å². The number of carbonyl (C=O) groups is 1. The van der Waals surface area contributed by atoms with Gasteiger partial charge < -0.3 is 24.2 Å². The molecule has 7 heteroatoms. The average Bonchev–Trinajstić information content (AvgIpc) is 3.52. The first-order valence-corrected chi connectivity index (χ1v) is 11.2. The molecule has 1 amide bonds. The van der Waals surface area contributed by atoms with Crippen LogP contribution in [0.25, 0.3) is 33.6 Å². The molecule has 0 atom stereocenters. The highest BCUT2D eigenvalue weighted by molar-refractivity contribution is 5.98. The number of carbonyl (C=O) groups excluding carboxylic acids is 1. The van der Waals surface area contributed by atoms with Crippen LogP contribution in [0.3, 0.4) is 0 Å². The second-order valence-electron chi connectivity index (χ2n) is 8.15. The van der Waals surface area contributed by atoms with Crippen LogP contribution >= 0.6 is 0 Å². The fraction of sp³-hybridized carbons (Fsp3) is 0.143. The molecule has 5 aromatic rings. The number of aromatic amines is 1. The lowest BCUT2D eigenvalue weighted by Crippen LogP contribution is -2.22. The number of nitrogens with one attached hydrogen (secondary N) is 2. The summed E-state index contributed by atoms with van der Waals surface area (Å²) in [6, 6.07) is 21.1. The maximum Gasteiger partial charge on any atom is 0.287 e. The monoisotopic (exact) mass is 467 g/mol. The minimum atomic E-state index is -0.241. The topological polar surface area (TPSA) is 89.4 Å². The molecular formula is C28H25N3O4. The quantitative estimate of drug-likeness (QED) is 0.318. The molecule has 0 aliphatic heterocycles. The van der Waals surface area contributed by atoms with Crippen molar-refractivity contribution in [1.82, 2.24) is 15.3 Å². The number of H-pyrrole nitrogens is 1. The third-order valence-electron chi connectivity index (χ3n) is 5.98. The predicted octanol–water partition coefficient (Wildman–Crippen LogP) is 5.75. The van der Waals surface area contributed by atoms with Gasteiger partial charge in [0.2, 0.25) is 0 Å². The zero-order valence-electron chi connectivity index (χ0n) is 19.7. The van der Waals surface area contributed by atoms with Crippen molar-refractivity contribution in [3.8, 4) is 34.1 Å². The van der Waals surface area contributed by atoms with Crippen LogP contribution in [-0.4, -0.2) is 30.1 Å². The Balaban J connectivity index is 1.34. The summed E-state index contributed by atoms with van der Waals surface area (Å²) in [5.74, 6) is 2.26. The third kappa shape index (κ3) is 4.36. The van der Waals surface area contributed by atoms with Crippen LogP contribution in [0.4, 0.5) is 0 Å². The molecule has 0 bridgehead atoms. The Hall–Kier alpha value is -4.52. The molecule has 7 nitrogen and oxygen atoms in total. The summed E-state index contributed by atoms with van der Waals surface area (Å²) in [5.41, 5.74) is 5.07. The van der Waals surface area contributed by atoms with E-state index in [2.05, 4.69) is 15.3 Å². The number of rotatable bonds is 7. The largest absolute Gasteiger partial charge is 0.497 e. The highest BCUT2D eigenvalue weighted by Gasteiger charge is 2.17. The smallest absolute Gasteiger partial charge is 0.287 e. The fourth-order valence-corrected chi connectivity index (χ4v) is 4.11. The summed E-state index contributed by atoms with van der Waals surface area (Å²) in [6.45, 7) is 2.26. The number of aromatic nitrogens is 2. The minimum Gasteiger partial charge on any atom is -0.497 e. The van der Waals surface area contributed by atoms with Crippen molar-refractivity contribution >= 4 is 16.9 Å². The first-order valence-electron chi connectivity index (χ1n) is 11.2. The summed E-state index contributed by atoms with van der Waals surface area (Å²) in [4.78, 5) is 20.7. The van der Waals surface area contributed by atoms with Crippen molar-refractivity contribution in [2.24, 2.45) is 0 Å². The maximum absolute atomic E-state index is 12.8. The van der Waals surface area contributed by atoms with Crippen LogP contribution in [0, 0.1) is 6.92 Å². The Morgan fingerprint density at radius 1 is 1.03 bits per heavy atom. The van der Waals surface area contributed by atoms with Crippen molar-refractivity contribution in [1.29, 1.82) is 0 Å². The Bertz CT molecular complexity index is 1520. The zero-order chi connectivity index (χ0) is 24.4. The molecule has 0 unspecified atom stereocenters. The lowest BCUT2D eigenvalue weighted by atomic mass is 10.1. The van der Waals surface area contributed by atoms with Crippen molar-refractivity contribution in [2.45, 2.75) is 13.5 Å². The molecule has 0 aliphatic carbocycles. The number of hydrogen-bond donors (Lipinski definition) is 2. The Morgan fingerprint density at radius 2 is 1.89 bits per heavy atom. The number of imidazole rings is 1. The molecule has 0 aliphatic rings. The molecular weight excluding hydrogens is 442 g/mol. The summed E-state index contributed by atoms with van der Waals surface area (Å²) in [5, 5.41) is 3.91. The van der Waals surface area contributed by atoms with E-state index in [-0.39, 0.29) is 5.91 Å². The Morgan fingerprint density at radius 3 is 2.69 bits per heavy atom. The van der Waals surface area contributed by atoms with Crippen LogP contribution in [-0.2, 0) is 6.54 Å². The molecule has 0 radical (unpaired) electrons. The molecule has 5 rings (SSSR count). The first-order chi connectivity index (χ1) is 17.1. The van der Waals surface area contributed by atoms with Gasteiger partial charge in [-0.2, -0.15) is 0 Å². The van der Waals surface area contributed by atoms with Crippen LogP contribution in [0.15, 0.2) is 77.3 Å². The molecule has 2 heterocycles. The first kappa shape index (κ1) is 22.3. The van der Waals surface area contributed by atoms with E-state index >= 15 is 0 Å². The van der Waals surface area contributed by atoms with Gasteiger partial charge in [-0.25, -0.2) is 4.98 Å². The SMILES string of the molecule is COc1ccc(OC)c(-c2cnc(-c3cccc(CNC(=O)c4oc5ccccc5c4C)c3)[nH]2)c1. The van der Waals surface area contributed by atoms with Crippen molar-refractivity contribution in [3.05, 3.63) is 89.8 Å². The Labute approximate surface area is 202 Å². The van der Waals surface area contributed by atoms with E-state index in [9.17, 15) is 4.79 Å². The number of para-hydroxylation sites is 1. The lowest BCUT2D eigenvalue weighted by molar-refractivity contribution is 0.0924. The van der Waals surface area contributed by atoms with Gasteiger partial charge in [-0.1, -0.05) is 36.4 Å². The average molecular weight is 468 g/mol. The molecule has 176 valence electrons. The summed E-state index contributed by atoms with van der Waals surface area (Å²) in [6.07, 6.45) is 1.77. The number of amides is 1. The van der Waals surface area contributed by atoms with Gasteiger partial charge in [0.15, 0.2) is 5.76 Å². The number of furan rings is 1. The van der Waals surface area contributed by atoms with E-state index in [0.29, 0.717) is 23.7 Å². The van der Waals surface area contributed by atoms with Gasteiger partial charge in [0.25, 0.3) is 5.91 Å². The summed E-state index contributed by atoms with van der Waals surface area (Å²) >= 11 is 0. The number of benzene rings is 3. The van der Waals surface area contributed by atoms with E-state index < -0.39 is 0 Å². The second kappa shape index (κ2) is 9.38. The molecule has 2 N–H and O–H groups in total. The van der Waals surface area contributed by atoms with E-state index in [1.807, 2.05) is 73.7 Å². The van der Waals surface area contributed by atoms with Gasteiger partial charge >= 0.3 is 0 Å². The zero-order valence-corrected chi connectivity index (χ0v) is 19.7. The molecule has 3 aromatic carbocycles. The van der Waals surface area contributed by atoms with Gasteiger partial charge in [-0.15, -0.1) is 0 Å². The van der Waals surface area contributed by atoms with Gasteiger partial charge in [-0.3, -0.25) is 4.79 Å². The summed E-state index contributed by atoms with van der Waals surface area (Å²) < 4.78 is 16.6. The number of methoxy groups -OCH3 is 2. The van der Waals surface area contributed by atoms with Crippen molar-refractivity contribution in [2.75, 3.05) is 14.2 Å². The van der Waals surface area contributed by atoms with E-state index in [0.717, 1.165) is 44.8 Å². The van der Waals surface area contributed by atoms with Crippen molar-refractivity contribution < 1.29 is 18.7 Å². The molecule has 0 spiro atoms. The highest BCUT2D eigenvalue weighted by Crippen LogP contribution is 2.33. The van der Waals surface area contributed by atoms with E-state index in [1.165, 1.54) is 0 Å². The van der Waals surface area contributed by atoms with Crippen LogP contribution in [0.2, 0.25) is 0 Å². The molecule has 35 heavy (non-hydrogen) atoms. The number of ether oxygens (including phenoxy) is 2. The fourth-order valence-electron chi connectivity index (χ4n) is 4.11. The number of fused-ring (bicyclic) bond motifs is 1. The number of hydrogen-bond acceptors (Lipinski definition) is 5. The van der Waals surface area contributed by atoms with Gasteiger partial charge in [0, 0.05) is 28.6 Å². The number of aryl methyl sites for hydroxylation is 1. The molecule has 0 fully saturated rings. The van der Waals surface area contributed by atoms with Gasteiger partial charge in [-0.05, 0) is 42.8 Å². The minimum absolute atomic E-state index is 0.241. The van der Waals surface area contributed by atoms with Crippen LogP contribution in [0.1, 0.15) is 21.7 Å². The van der Waals surface area contributed by atoms with E-state index in [1.54, 1.807) is 20.4 Å². The predicted molar refractivity (Wildman–Crippen MR) is 135 cm³/mol. The maximum atomic E-state index is 12.8. The Kier molecular flexibility index (Phi) is 5.97. The molecule has 0 saturated carbocycles. The molecule has 2 aromatic heterocycles. The number of nitrogens with zero attached hydrogens (tertiary/aromatic N) is 1. The van der Waals surface area contributed by atoms with Gasteiger partial charge in [0.05, 0.1) is 26.1 Å².